The minimum atomic E-state index is 0.237. The predicted molar refractivity (Wildman–Crippen MR) is 91.8 cm³/mol. The largest absolute Gasteiger partial charge is 0.497 e. The van der Waals surface area contributed by atoms with Crippen LogP contribution in [0.3, 0.4) is 0 Å². The first-order valence-corrected chi connectivity index (χ1v) is 8.67. The molecular formula is C18H24O2S. The van der Waals surface area contributed by atoms with Gasteiger partial charge in [-0.1, -0.05) is 27.2 Å². The van der Waals surface area contributed by atoms with Crippen molar-refractivity contribution in [3.05, 3.63) is 38.9 Å². The SMILES string of the molecule is CC.CCC1CCc2c(sc3cc(OC)ccc3c2=O)C1. The molecule has 0 radical (unpaired) electrons. The smallest absolute Gasteiger partial charge is 0.191 e. The van der Waals surface area contributed by atoms with Crippen molar-refractivity contribution in [3.8, 4) is 5.75 Å². The molecule has 1 aromatic heterocycles. The van der Waals surface area contributed by atoms with Crippen molar-refractivity contribution in [3.63, 3.8) is 0 Å². The highest BCUT2D eigenvalue weighted by atomic mass is 32.1. The van der Waals surface area contributed by atoms with Crippen LogP contribution in [0.4, 0.5) is 0 Å². The van der Waals surface area contributed by atoms with Gasteiger partial charge in [0.1, 0.15) is 5.75 Å². The lowest BCUT2D eigenvalue weighted by Crippen LogP contribution is -2.20. The molecule has 0 aliphatic heterocycles. The van der Waals surface area contributed by atoms with Crippen molar-refractivity contribution in [2.45, 2.75) is 46.5 Å². The molecule has 1 aliphatic rings. The zero-order chi connectivity index (χ0) is 15.4. The van der Waals surface area contributed by atoms with E-state index in [0.717, 1.165) is 46.6 Å². The summed E-state index contributed by atoms with van der Waals surface area (Å²) in [6, 6.07) is 5.76. The normalized spacial score (nSPS) is 16.9. The molecular weight excluding hydrogens is 280 g/mol. The van der Waals surface area contributed by atoms with E-state index in [1.54, 1.807) is 18.4 Å². The van der Waals surface area contributed by atoms with Crippen LogP contribution in [0, 0.1) is 5.92 Å². The Morgan fingerprint density at radius 1 is 1.33 bits per heavy atom. The highest BCUT2D eigenvalue weighted by molar-refractivity contribution is 7.18. The summed E-state index contributed by atoms with van der Waals surface area (Å²) < 4.78 is 6.31. The van der Waals surface area contributed by atoms with E-state index in [2.05, 4.69) is 6.92 Å². The fraction of sp³-hybridized carbons (Fsp3) is 0.500. The van der Waals surface area contributed by atoms with E-state index in [1.165, 1.54) is 11.3 Å². The Bertz CT molecular complexity index is 673. The Kier molecular flexibility index (Phi) is 5.40. The van der Waals surface area contributed by atoms with Crippen molar-refractivity contribution in [1.29, 1.82) is 0 Å². The van der Waals surface area contributed by atoms with Gasteiger partial charge in [0.05, 0.1) is 7.11 Å². The molecule has 0 fully saturated rings. The average Bonchev–Trinajstić information content (AvgIpc) is 2.55. The standard InChI is InChI=1S/C16H18O2S.C2H6/c1-3-10-4-6-12-14(8-10)19-15-9-11(18-2)5-7-13(15)16(12)17;1-2/h5,7,9-10H,3-4,6,8H2,1-2H3;1-2H3. The second-order valence-electron chi connectivity index (χ2n) is 5.21. The van der Waals surface area contributed by atoms with E-state index in [4.69, 9.17) is 4.74 Å². The molecule has 1 unspecified atom stereocenters. The molecule has 3 heteroatoms. The number of hydrogen-bond acceptors (Lipinski definition) is 3. The monoisotopic (exact) mass is 304 g/mol. The molecule has 114 valence electrons. The third kappa shape index (κ3) is 3.13. The molecule has 1 aliphatic carbocycles. The number of fused-ring (bicyclic) bond motifs is 2. The highest BCUT2D eigenvalue weighted by Crippen LogP contribution is 2.33. The van der Waals surface area contributed by atoms with Gasteiger partial charge < -0.3 is 4.74 Å². The summed E-state index contributed by atoms with van der Waals surface area (Å²) >= 11 is 1.77. The second-order valence-corrected chi connectivity index (χ2v) is 6.35. The number of ether oxygens (including phenoxy) is 1. The summed E-state index contributed by atoms with van der Waals surface area (Å²) in [4.78, 5) is 13.8. The number of rotatable bonds is 2. The zero-order valence-electron chi connectivity index (χ0n) is 13.4. The molecule has 0 spiro atoms. The Labute approximate surface area is 130 Å². The molecule has 0 saturated carbocycles. The maximum absolute atomic E-state index is 12.5. The average molecular weight is 304 g/mol. The molecule has 2 aromatic rings. The van der Waals surface area contributed by atoms with E-state index >= 15 is 0 Å². The summed E-state index contributed by atoms with van der Waals surface area (Å²) in [7, 11) is 1.66. The van der Waals surface area contributed by atoms with E-state index in [-0.39, 0.29) is 5.43 Å². The van der Waals surface area contributed by atoms with Gasteiger partial charge in [0, 0.05) is 20.5 Å². The lowest BCUT2D eigenvalue weighted by atomic mass is 9.87. The van der Waals surface area contributed by atoms with Crippen LogP contribution in [-0.4, -0.2) is 7.11 Å². The molecule has 0 amide bonds. The Morgan fingerprint density at radius 3 is 2.76 bits per heavy atom. The van der Waals surface area contributed by atoms with Crippen molar-refractivity contribution in [1.82, 2.24) is 0 Å². The van der Waals surface area contributed by atoms with Gasteiger partial charge in [-0.3, -0.25) is 4.79 Å². The molecule has 3 rings (SSSR count). The second kappa shape index (κ2) is 7.08. The quantitative estimate of drug-likeness (QED) is 0.795. The molecule has 1 aromatic carbocycles. The fourth-order valence-electron chi connectivity index (χ4n) is 2.86. The first-order valence-electron chi connectivity index (χ1n) is 7.85. The molecule has 21 heavy (non-hydrogen) atoms. The number of hydrogen-bond donors (Lipinski definition) is 0. The van der Waals surface area contributed by atoms with E-state index in [1.807, 2.05) is 32.0 Å². The molecule has 0 saturated heterocycles. The maximum Gasteiger partial charge on any atom is 0.191 e. The fourth-order valence-corrected chi connectivity index (χ4v) is 4.21. The van der Waals surface area contributed by atoms with Gasteiger partial charge in [-0.15, -0.1) is 11.3 Å². The summed E-state index contributed by atoms with van der Waals surface area (Å²) in [5.74, 6) is 1.57. The van der Waals surface area contributed by atoms with Gasteiger partial charge in [-0.05, 0) is 43.4 Å². The van der Waals surface area contributed by atoms with Gasteiger partial charge in [0.2, 0.25) is 0 Å². The van der Waals surface area contributed by atoms with Crippen LogP contribution >= 0.6 is 11.3 Å². The summed E-state index contributed by atoms with van der Waals surface area (Å²) in [6.45, 7) is 6.24. The minimum Gasteiger partial charge on any atom is -0.497 e. The molecule has 0 N–H and O–H groups in total. The third-order valence-corrected chi connectivity index (χ3v) is 5.35. The first-order chi connectivity index (χ1) is 10.2. The van der Waals surface area contributed by atoms with Crippen molar-refractivity contribution >= 4 is 21.4 Å². The molecule has 1 heterocycles. The topological polar surface area (TPSA) is 26.3 Å². The molecule has 0 bridgehead atoms. The van der Waals surface area contributed by atoms with Crippen molar-refractivity contribution in [2.24, 2.45) is 5.92 Å². The number of benzene rings is 1. The highest BCUT2D eigenvalue weighted by Gasteiger charge is 2.21. The maximum atomic E-state index is 12.5. The van der Waals surface area contributed by atoms with Crippen LogP contribution in [0.25, 0.3) is 10.1 Å². The van der Waals surface area contributed by atoms with Crippen molar-refractivity contribution in [2.75, 3.05) is 7.11 Å². The molecule has 2 nitrogen and oxygen atoms in total. The van der Waals surface area contributed by atoms with E-state index in [9.17, 15) is 4.79 Å². The third-order valence-electron chi connectivity index (χ3n) is 4.13. The Balaban J connectivity index is 0.000000774. The van der Waals surface area contributed by atoms with E-state index < -0.39 is 0 Å². The Hall–Kier alpha value is -1.35. The molecule has 1 atom stereocenters. The van der Waals surface area contributed by atoms with Crippen LogP contribution in [0.5, 0.6) is 5.75 Å². The van der Waals surface area contributed by atoms with Crippen LogP contribution in [0.2, 0.25) is 0 Å². The van der Waals surface area contributed by atoms with Gasteiger partial charge in [-0.2, -0.15) is 0 Å². The summed E-state index contributed by atoms with van der Waals surface area (Å²) in [6.07, 6.45) is 4.38. The zero-order valence-corrected chi connectivity index (χ0v) is 14.2. The lowest BCUT2D eigenvalue weighted by Gasteiger charge is -2.22. The first kappa shape index (κ1) is 16.0. The van der Waals surface area contributed by atoms with Gasteiger partial charge in [0.15, 0.2) is 5.43 Å². The number of methoxy groups -OCH3 is 1. The Morgan fingerprint density at radius 2 is 2.10 bits per heavy atom. The van der Waals surface area contributed by atoms with Gasteiger partial charge in [-0.25, -0.2) is 0 Å². The van der Waals surface area contributed by atoms with Gasteiger partial charge >= 0.3 is 0 Å². The lowest BCUT2D eigenvalue weighted by molar-refractivity contribution is 0.415. The van der Waals surface area contributed by atoms with Crippen LogP contribution in [0.1, 0.15) is 44.1 Å². The van der Waals surface area contributed by atoms with E-state index in [0.29, 0.717) is 0 Å². The summed E-state index contributed by atoms with van der Waals surface area (Å²) in [5, 5.41) is 0.847. The van der Waals surface area contributed by atoms with Gasteiger partial charge in [0.25, 0.3) is 0 Å². The summed E-state index contributed by atoms with van der Waals surface area (Å²) in [5.41, 5.74) is 1.30. The van der Waals surface area contributed by atoms with Crippen LogP contribution < -0.4 is 10.2 Å². The van der Waals surface area contributed by atoms with Crippen LogP contribution in [-0.2, 0) is 12.8 Å². The van der Waals surface area contributed by atoms with Crippen molar-refractivity contribution < 1.29 is 4.74 Å². The predicted octanol–water partition coefficient (Wildman–Crippen LogP) is 4.81. The van der Waals surface area contributed by atoms with Crippen LogP contribution in [0.15, 0.2) is 23.0 Å². The minimum absolute atomic E-state index is 0.237.